The Morgan fingerprint density at radius 2 is 1.67 bits per heavy atom. The second kappa shape index (κ2) is 8.52. The molecule has 0 aliphatic carbocycles. The van der Waals surface area contributed by atoms with E-state index in [1.165, 1.54) is 25.3 Å². The van der Waals surface area contributed by atoms with Crippen molar-refractivity contribution in [3.05, 3.63) is 50.0 Å². The highest BCUT2D eigenvalue weighted by Gasteiger charge is 1.78. The van der Waals surface area contributed by atoms with Crippen LogP contribution in [0.4, 0.5) is 0 Å². The number of hydrazine groups is 1. The molecule has 3 heterocycles. The van der Waals surface area contributed by atoms with Gasteiger partial charge in [-0.15, -0.1) is 0 Å². The zero-order chi connectivity index (χ0) is 10.6. The Labute approximate surface area is 87.0 Å². The van der Waals surface area contributed by atoms with Crippen LogP contribution < -0.4 is 10.9 Å². The van der Waals surface area contributed by atoms with E-state index in [4.69, 9.17) is 0 Å². The molecule has 1 aliphatic rings. The lowest BCUT2D eigenvalue weighted by atomic mass is 10.7. The maximum Gasteiger partial charge on any atom is 0.180 e. The van der Waals surface area contributed by atoms with Gasteiger partial charge in [0.05, 0.1) is 12.4 Å². The average molecular weight is 208 g/mol. The largest absolute Gasteiger partial charge is 0.452 e. The molecule has 3 rings (SSSR count). The van der Waals surface area contributed by atoms with Gasteiger partial charge in [0.15, 0.2) is 12.8 Å². The number of hydrogen-bond acceptors (Lipinski definition) is 6. The second-order valence-electron chi connectivity index (χ2n) is 2.28. The summed E-state index contributed by atoms with van der Waals surface area (Å²) in [5.41, 5.74) is 5.65. The van der Waals surface area contributed by atoms with Crippen LogP contribution in [0.5, 0.6) is 0 Å². The molecule has 0 amide bonds. The number of oxazole rings is 2. The summed E-state index contributed by atoms with van der Waals surface area (Å²) in [5.74, 6) is 0. The molecule has 6 heteroatoms. The highest BCUT2D eigenvalue weighted by atomic mass is 16.3. The molecule has 0 aromatic carbocycles. The van der Waals surface area contributed by atoms with E-state index < -0.39 is 0 Å². The van der Waals surface area contributed by atoms with Crippen molar-refractivity contribution in [3.8, 4) is 0 Å². The molecular weight excluding hydrogens is 196 g/mol. The van der Waals surface area contributed by atoms with Gasteiger partial charge in [-0.3, -0.25) is 0 Å². The number of rotatable bonds is 0. The summed E-state index contributed by atoms with van der Waals surface area (Å²) in [6, 6.07) is 0. The molecular formula is C9H12N4O2. The van der Waals surface area contributed by atoms with Crippen LogP contribution in [0, 0.1) is 0 Å². The van der Waals surface area contributed by atoms with E-state index in [2.05, 4.69) is 29.7 Å². The summed E-state index contributed by atoms with van der Waals surface area (Å²) < 4.78 is 8.94. The van der Waals surface area contributed by atoms with Crippen molar-refractivity contribution < 1.29 is 8.83 Å². The third-order valence-corrected chi connectivity index (χ3v) is 1.22. The molecule has 0 saturated heterocycles. The molecule has 80 valence electrons. The van der Waals surface area contributed by atoms with Crippen LogP contribution in [0.1, 0.15) is 0 Å². The van der Waals surface area contributed by atoms with Crippen molar-refractivity contribution in [1.82, 2.24) is 20.8 Å². The fourth-order valence-corrected chi connectivity index (χ4v) is 0.646. The number of nitrogens with one attached hydrogen (secondary N) is 2. The van der Waals surface area contributed by atoms with Gasteiger partial charge >= 0.3 is 0 Å². The third kappa shape index (κ3) is 7.03. The molecule has 1 aliphatic heterocycles. The Balaban J connectivity index is 0.000000112. The topological polar surface area (TPSA) is 76.1 Å². The van der Waals surface area contributed by atoms with Crippen LogP contribution >= 0.6 is 0 Å². The van der Waals surface area contributed by atoms with Gasteiger partial charge in [0.25, 0.3) is 0 Å². The molecule has 15 heavy (non-hydrogen) atoms. The monoisotopic (exact) mass is 208 g/mol. The SMILES string of the molecule is C1=CNNC1.c1cocn1.c1cocn1. The first-order valence-electron chi connectivity index (χ1n) is 4.28. The lowest BCUT2D eigenvalue weighted by molar-refractivity contribution is 0.557. The Morgan fingerprint density at radius 1 is 1.00 bits per heavy atom. The van der Waals surface area contributed by atoms with E-state index in [1.807, 2.05) is 12.3 Å². The second-order valence-corrected chi connectivity index (χ2v) is 2.28. The first kappa shape index (κ1) is 11.0. The third-order valence-electron chi connectivity index (χ3n) is 1.22. The van der Waals surface area contributed by atoms with Crippen molar-refractivity contribution in [3.63, 3.8) is 0 Å². The Morgan fingerprint density at radius 3 is 1.80 bits per heavy atom. The van der Waals surface area contributed by atoms with Crippen LogP contribution in [0.25, 0.3) is 0 Å². The molecule has 2 N–H and O–H groups in total. The predicted octanol–water partition coefficient (Wildman–Crippen LogP) is 0.957. The smallest absolute Gasteiger partial charge is 0.180 e. The standard InChI is InChI=1S/C3H6N2.2C3H3NO/c1-2-4-5-3-1;2*1-2-5-3-4-1/h1-2,4-5H,3H2;2*1-3H. The molecule has 0 unspecified atom stereocenters. The van der Waals surface area contributed by atoms with E-state index in [1.54, 1.807) is 12.4 Å². The summed E-state index contributed by atoms with van der Waals surface area (Å²) in [6.45, 7) is 0.958. The van der Waals surface area contributed by atoms with Gasteiger partial charge in [-0.25, -0.2) is 15.4 Å². The molecule has 0 radical (unpaired) electrons. The van der Waals surface area contributed by atoms with Gasteiger partial charge < -0.3 is 14.3 Å². The van der Waals surface area contributed by atoms with Crippen molar-refractivity contribution in [2.24, 2.45) is 0 Å². The molecule has 0 fully saturated rings. The van der Waals surface area contributed by atoms with Crippen molar-refractivity contribution in [2.45, 2.75) is 0 Å². The molecule has 0 saturated carbocycles. The van der Waals surface area contributed by atoms with Gasteiger partial charge in [0, 0.05) is 12.7 Å². The Kier molecular flexibility index (Phi) is 6.24. The van der Waals surface area contributed by atoms with E-state index >= 15 is 0 Å². The van der Waals surface area contributed by atoms with Gasteiger partial charge in [-0.1, -0.05) is 6.08 Å². The minimum Gasteiger partial charge on any atom is -0.452 e. The lowest BCUT2D eigenvalue weighted by Gasteiger charge is -1.83. The van der Waals surface area contributed by atoms with Crippen molar-refractivity contribution in [1.29, 1.82) is 0 Å². The Bertz CT molecular complexity index is 251. The predicted molar refractivity (Wildman–Crippen MR) is 53.3 cm³/mol. The van der Waals surface area contributed by atoms with Crippen LogP contribution in [-0.4, -0.2) is 16.5 Å². The molecule has 0 atom stereocenters. The number of aromatic nitrogens is 2. The van der Waals surface area contributed by atoms with Gasteiger partial charge in [-0.05, 0) is 0 Å². The summed E-state index contributed by atoms with van der Waals surface area (Å²) in [5, 5.41) is 0. The normalized spacial score (nSPS) is 11.7. The maximum atomic E-state index is 4.47. The fraction of sp³-hybridized carbons (Fsp3) is 0.111. The highest BCUT2D eigenvalue weighted by Crippen LogP contribution is 1.72. The fourth-order valence-electron chi connectivity index (χ4n) is 0.646. The van der Waals surface area contributed by atoms with Crippen LogP contribution in [0.2, 0.25) is 0 Å². The van der Waals surface area contributed by atoms with Gasteiger partial charge in [-0.2, -0.15) is 0 Å². The van der Waals surface area contributed by atoms with Crippen molar-refractivity contribution in [2.75, 3.05) is 6.54 Å². The van der Waals surface area contributed by atoms with Crippen LogP contribution in [0.3, 0.4) is 0 Å². The van der Waals surface area contributed by atoms with E-state index in [0.29, 0.717) is 0 Å². The zero-order valence-corrected chi connectivity index (χ0v) is 8.04. The molecule has 6 nitrogen and oxygen atoms in total. The van der Waals surface area contributed by atoms with E-state index in [-0.39, 0.29) is 0 Å². The highest BCUT2D eigenvalue weighted by molar-refractivity contribution is 4.85. The maximum absolute atomic E-state index is 4.47. The zero-order valence-electron chi connectivity index (χ0n) is 8.04. The van der Waals surface area contributed by atoms with E-state index in [9.17, 15) is 0 Å². The minimum absolute atomic E-state index is 0.958. The van der Waals surface area contributed by atoms with Crippen LogP contribution in [0.15, 0.2) is 58.8 Å². The first-order valence-corrected chi connectivity index (χ1v) is 4.28. The number of nitrogens with zero attached hydrogens (tertiary/aromatic N) is 2. The van der Waals surface area contributed by atoms with Crippen LogP contribution in [-0.2, 0) is 0 Å². The summed E-state index contributed by atoms with van der Waals surface area (Å²) >= 11 is 0. The quantitative estimate of drug-likeness (QED) is 0.671. The Hall–Kier alpha value is -2.08. The lowest BCUT2D eigenvalue weighted by Crippen LogP contribution is -2.19. The first-order chi connectivity index (χ1) is 7.50. The van der Waals surface area contributed by atoms with E-state index in [0.717, 1.165) is 6.54 Å². The summed E-state index contributed by atoms with van der Waals surface area (Å²) in [7, 11) is 0. The molecule has 0 spiro atoms. The minimum atomic E-state index is 0.958. The number of hydrogen-bond donors (Lipinski definition) is 2. The average Bonchev–Trinajstić information content (AvgIpc) is 3.09. The molecule has 2 aromatic rings. The summed E-state index contributed by atoms with van der Waals surface area (Å²) in [4.78, 5) is 7.11. The summed E-state index contributed by atoms with van der Waals surface area (Å²) in [6.07, 6.45) is 12.8. The van der Waals surface area contributed by atoms with Gasteiger partial charge in [0.1, 0.15) is 12.5 Å². The van der Waals surface area contributed by atoms with Crippen molar-refractivity contribution >= 4 is 0 Å². The molecule has 2 aromatic heterocycles. The van der Waals surface area contributed by atoms with Gasteiger partial charge in [0.2, 0.25) is 0 Å². The molecule has 0 bridgehead atoms.